The van der Waals surface area contributed by atoms with E-state index < -0.39 is 0 Å². The summed E-state index contributed by atoms with van der Waals surface area (Å²) < 4.78 is 4.86. The van der Waals surface area contributed by atoms with Gasteiger partial charge in [-0.3, -0.25) is 4.98 Å². The van der Waals surface area contributed by atoms with Gasteiger partial charge in [-0.15, -0.1) is 0 Å². The van der Waals surface area contributed by atoms with E-state index in [-0.39, 0.29) is 5.28 Å². The predicted molar refractivity (Wildman–Crippen MR) is 47.3 cm³/mol. The number of halogens is 1. The van der Waals surface area contributed by atoms with Gasteiger partial charge in [-0.2, -0.15) is 4.98 Å². The molecule has 0 fully saturated rings. The maximum atomic E-state index is 5.51. The van der Waals surface area contributed by atoms with E-state index in [1.165, 1.54) is 0 Å². The van der Waals surface area contributed by atoms with Crippen LogP contribution in [0.4, 0.5) is 0 Å². The molecule has 0 aliphatic heterocycles. The van der Waals surface area contributed by atoms with Crippen LogP contribution in [0.15, 0.2) is 22.9 Å². The smallest absolute Gasteiger partial charge is 0.264 e. The van der Waals surface area contributed by atoms with E-state index in [2.05, 4.69) is 15.1 Å². The van der Waals surface area contributed by atoms with Crippen LogP contribution in [0.1, 0.15) is 5.69 Å². The van der Waals surface area contributed by atoms with Crippen LogP contribution in [0.2, 0.25) is 5.28 Å². The number of rotatable bonds is 1. The summed E-state index contributed by atoms with van der Waals surface area (Å²) in [6.07, 6.45) is 1.67. The highest BCUT2D eigenvalue weighted by molar-refractivity contribution is 6.28. The van der Waals surface area contributed by atoms with Gasteiger partial charge < -0.3 is 4.52 Å². The van der Waals surface area contributed by atoms with Gasteiger partial charge in [0.25, 0.3) is 11.2 Å². The fourth-order valence-corrected chi connectivity index (χ4v) is 1.03. The van der Waals surface area contributed by atoms with Gasteiger partial charge in [0.1, 0.15) is 0 Å². The van der Waals surface area contributed by atoms with Crippen molar-refractivity contribution in [1.29, 1.82) is 0 Å². The van der Waals surface area contributed by atoms with Crippen molar-refractivity contribution in [2.24, 2.45) is 0 Å². The molecule has 0 unspecified atom stereocenters. The molecule has 0 aliphatic carbocycles. The van der Waals surface area contributed by atoms with Crippen molar-refractivity contribution in [3.63, 3.8) is 0 Å². The first-order valence-electron chi connectivity index (χ1n) is 3.68. The van der Waals surface area contributed by atoms with Crippen LogP contribution in [0.25, 0.3) is 11.5 Å². The van der Waals surface area contributed by atoms with Crippen molar-refractivity contribution in [1.82, 2.24) is 15.1 Å². The van der Waals surface area contributed by atoms with Gasteiger partial charge in [0.05, 0.1) is 5.56 Å². The fourth-order valence-electron chi connectivity index (χ4n) is 0.917. The zero-order valence-electron chi connectivity index (χ0n) is 6.86. The van der Waals surface area contributed by atoms with E-state index >= 15 is 0 Å². The quantitative estimate of drug-likeness (QED) is 0.699. The second-order valence-electron chi connectivity index (χ2n) is 2.56. The molecule has 13 heavy (non-hydrogen) atoms. The molecule has 2 aromatic heterocycles. The lowest BCUT2D eigenvalue weighted by Crippen LogP contribution is -1.82. The molecule has 2 rings (SSSR count). The monoisotopic (exact) mass is 195 g/mol. The highest BCUT2D eigenvalue weighted by Gasteiger charge is 2.06. The Labute approximate surface area is 79.6 Å². The molecule has 5 heteroatoms. The van der Waals surface area contributed by atoms with Crippen LogP contribution >= 0.6 is 11.6 Å². The van der Waals surface area contributed by atoms with Crippen molar-refractivity contribution in [2.75, 3.05) is 0 Å². The number of pyridine rings is 1. The summed E-state index contributed by atoms with van der Waals surface area (Å²) in [6.45, 7) is 1.91. The maximum Gasteiger partial charge on any atom is 0.264 e. The lowest BCUT2D eigenvalue weighted by atomic mass is 10.2. The molecule has 0 radical (unpaired) electrons. The summed E-state index contributed by atoms with van der Waals surface area (Å²) in [5.74, 6) is 0.387. The summed E-state index contributed by atoms with van der Waals surface area (Å²) in [6, 6.07) is 3.72. The fraction of sp³-hybridized carbons (Fsp3) is 0.125. The molecule has 4 nitrogen and oxygen atoms in total. The molecule has 0 saturated carbocycles. The predicted octanol–water partition coefficient (Wildman–Crippen LogP) is 2.09. The topological polar surface area (TPSA) is 51.8 Å². The van der Waals surface area contributed by atoms with E-state index in [4.69, 9.17) is 16.1 Å². The second-order valence-corrected chi connectivity index (χ2v) is 2.89. The Kier molecular flexibility index (Phi) is 1.98. The lowest BCUT2D eigenvalue weighted by molar-refractivity contribution is 0.430. The van der Waals surface area contributed by atoms with Gasteiger partial charge in [-0.25, -0.2) is 0 Å². The molecule has 0 spiro atoms. The van der Waals surface area contributed by atoms with Crippen LogP contribution in [0, 0.1) is 6.92 Å². The Morgan fingerprint density at radius 3 is 2.77 bits per heavy atom. The molecule has 0 atom stereocenters. The number of aryl methyl sites for hydroxylation is 1. The molecular weight excluding hydrogens is 190 g/mol. The van der Waals surface area contributed by atoms with E-state index in [0.29, 0.717) is 5.89 Å². The Morgan fingerprint density at radius 2 is 2.23 bits per heavy atom. The van der Waals surface area contributed by atoms with Crippen molar-refractivity contribution in [3.8, 4) is 11.5 Å². The summed E-state index contributed by atoms with van der Waals surface area (Å²) in [5.41, 5.74) is 1.71. The zero-order valence-corrected chi connectivity index (χ0v) is 7.62. The standard InChI is InChI=1S/C8H6ClN3O/c1-5-2-3-6(4-10-5)7-11-8(9)12-13-7/h2-4H,1H3. The number of hydrogen-bond acceptors (Lipinski definition) is 4. The minimum atomic E-state index is 0.107. The van der Waals surface area contributed by atoms with Crippen LogP contribution in [0.5, 0.6) is 0 Å². The highest BCUT2D eigenvalue weighted by atomic mass is 35.5. The third-order valence-corrected chi connectivity index (χ3v) is 1.71. The maximum absolute atomic E-state index is 5.51. The van der Waals surface area contributed by atoms with E-state index in [1.54, 1.807) is 6.20 Å². The van der Waals surface area contributed by atoms with Crippen LogP contribution in [-0.2, 0) is 0 Å². The molecule has 0 N–H and O–H groups in total. The summed E-state index contributed by atoms with van der Waals surface area (Å²) in [7, 11) is 0. The summed E-state index contributed by atoms with van der Waals surface area (Å²) >= 11 is 5.51. The Balaban J connectivity index is 2.41. The first-order chi connectivity index (χ1) is 6.25. The van der Waals surface area contributed by atoms with Crippen molar-refractivity contribution >= 4 is 11.6 Å². The van der Waals surface area contributed by atoms with Crippen molar-refractivity contribution < 1.29 is 4.52 Å². The molecule has 2 aromatic rings. The minimum absolute atomic E-state index is 0.107. The Hall–Kier alpha value is -1.42. The summed E-state index contributed by atoms with van der Waals surface area (Å²) in [5, 5.41) is 3.57. The normalized spacial score (nSPS) is 10.3. The molecule has 66 valence electrons. The van der Waals surface area contributed by atoms with Crippen LogP contribution in [-0.4, -0.2) is 15.1 Å². The van der Waals surface area contributed by atoms with Gasteiger partial charge in [0.2, 0.25) is 0 Å². The Bertz CT molecular complexity index is 410. The first-order valence-corrected chi connectivity index (χ1v) is 4.06. The first kappa shape index (κ1) is 8.19. The lowest BCUT2D eigenvalue weighted by Gasteiger charge is -1.92. The average molecular weight is 196 g/mol. The van der Waals surface area contributed by atoms with Crippen molar-refractivity contribution in [3.05, 3.63) is 29.3 Å². The molecular formula is C8H6ClN3O. The van der Waals surface area contributed by atoms with Crippen molar-refractivity contribution in [2.45, 2.75) is 6.92 Å². The van der Waals surface area contributed by atoms with E-state index in [0.717, 1.165) is 11.3 Å². The molecule has 0 bridgehead atoms. The average Bonchev–Trinajstić information content (AvgIpc) is 2.53. The van der Waals surface area contributed by atoms with Gasteiger partial charge in [-0.1, -0.05) is 0 Å². The molecule has 0 amide bonds. The third-order valence-electron chi connectivity index (χ3n) is 1.56. The van der Waals surface area contributed by atoms with Crippen LogP contribution < -0.4 is 0 Å². The second kappa shape index (κ2) is 3.14. The molecule has 0 saturated heterocycles. The zero-order chi connectivity index (χ0) is 9.26. The van der Waals surface area contributed by atoms with Gasteiger partial charge in [-0.05, 0) is 35.8 Å². The SMILES string of the molecule is Cc1ccc(-c2nc(Cl)no2)cn1. The van der Waals surface area contributed by atoms with Gasteiger partial charge >= 0.3 is 0 Å². The molecule has 2 heterocycles. The minimum Gasteiger partial charge on any atom is -0.333 e. The number of hydrogen-bond donors (Lipinski definition) is 0. The van der Waals surface area contributed by atoms with E-state index in [9.17, 15) is 0 Å². The van der Waals surface area contributed by atoms with E-state index in [1.807, 2.05) is 19.1 Å². The number of aromatic nitrogens is 3. The summed E-state index contributed by atoms with van der Waals surface area (Å²) in [4.78, 5) is 7.95. The van der Waals surface area contributed by atoms with Gasteiger partial charge in [0.15, 0.2) is 0 Å². The highest BCUT2D eigenvalue weighted by Crippen LogP contribution is 2.17. The largest absolute Gasteiger partial charge is 0.333 e. The molecule has 0 aromatic carbocycles. The van der Waals surface area contributed by atoms with Crippen LogP contribution in [0.3, 0.4) is 0 Å². The third kappa shape index (κ3) is 1.67. The Morgan fingerprint density at radius 1 is 1.38 bits per heavy atom. The number of nitrogens with zero attached hydrogens (tertiary/aromatic N) is 3. The van der Waals surface area contributed by atoms with Gasteiger partial charge in [0, 0.05) is 11.9 Å². The molecule has 0 aliphatic rings.